The van der Waals surface area contributed by atoms with Gasteiger partial charge in [0.25, 0.3) is 0 Å². The van der Waals surface area contributed by atoms with Crippen LogP contribution in [-0.4, -0.2) is 18.7 Å². The van der Waals surface area contributed by atoms with Gasteiger partial charge in [0.2, 0.25) is 0 Å². The summed E-state index contributed by atoms with van der Waals surface area (Å²) in [5.41, 5.74) is 8.83. The van der Waals surface area contributed by atoms with Crippen molar-refractivity contribution in [2.75, 3.05) is 12.4 Å². The van der Waals surface area contributed by atoms with E-state index in [1.54, 1.807) is 7.11 Å². The number of aliphatic imine (C=N–C) groups is 1. The number of hydrogen-bond donors (Lipinski definition) is 2. The van der Waals surface area contributed by atoms with E-state index in [0.29, 0.717) is 19.1 Å². The Morgan fingerprint density at radius 2 is 1.80 bits per heavy atom. The second-order valence-electron chi connectivity index (χ2n) is 6.75. The minimum atomic E-state index is -0.156. The van der Waals surface area contributed by atoms with E-state index in [4.69, 9.17) is 15.2 Å². The summed E-state index contributed by atoms with van der Waals surface area (Å²) in [6.45, 7) is 7.22. The van der Waals surface area contributed by atoms with Crippen molar-refractivity contribution in [2.24, 2.45) is 10.7 Å². The number of rotatable bonds is 6. The second kappa shape index (κ2) is 8.53. The Hall–Kier alpha value is -2.53. The predicted octanol–water partition coefficient (Wildman–Crippen LogP) is 3.94. The second-order valence-corrected chi connectivity index (χ2v) is 6.75. The topological polar surface area (TPSA) is 68.9 Å². The van der Waals surface area contributed by atoms with E-state index in [1.807, 2.05) is 57.2 Å². The van der Waals surface area contributed by atoms with Gasteiger partial charge in [-0.2, -0.15) is 0 Å². The number of nitrogens with zero attached hydrogens (tertiary/aromatic N) is 1. The molecule has 0 bridgehead atoms. The molecule has 0 unspecified atom stereocenters. The van der Waals surface area contributed by atoms with Crippen LogP contribution in [0.15, 0.2) is 53.5 Å². The molecule has 0 aliphatic carbocycles. The van der Waals surface area contributed by atoms with Crippen LogP contribution in [0.25, 0.3) is 0 Å². The molecule has 0 radical (unpaired) electrons. The predicted molar refractivity (Wildman–Crippen MR) is 103 cm³/mol. The smallest absolute Gasteiger partial charge is 0.193 e. The number of nitrogens with two attached hydrogens (primary N) is 1. The molecular formula is C20H27N3O2. The molecule has 0 saturated heterocycles. The molecule has 0 aromatic heterocycles. The quantitative estimate of drug-likeness (QED) is 0.617. The SMILES string of the molecule is COc1ccccc1NC(N)=NCc1cccc(COC(C)(C)C)c1. The Balaban J connectivity index is 1.98. The molecular weight excluding hydrogens is 314 g/mol. The van der Waals surface area contributed by atoms with Gasteiger partial charge in [0.05, 0.1) is 31.5 Å². The van der Waals surface area contributed by atoms with Crippen molar-refractivity contribution in [3.05, 3.63) is 59.7 Å². The van der Waals surface area contributed by atoms with Crippen LogP contribution >= 0.6 is 0 Å². The van der Waals surface area contributed by atoms with E-state index in [-0.39, 0.29) is 5.60 Å². The lowest BCUT2D eigenvalue weighted by molar-refractivity contribution is -0.0149. The average Bonchev–Trinajstić information content (AvgIpc) is 2.58. The fraction of sp³-hybridized carbons (Fsp3) is 0.350. The maximum atomic E-state index is 5.99. The summed E-state index contributed by atoms with van der Waals surface area (Å²) in [6.07, 6.45) is 0. The lowest BCUT2D eigenvalue weighted by Crippen LogP contribution is -2.23. The van der Waals surface area contributed by atoms with Crippen molar-refractivity contribution >= 4 is 11.6 Å². The van der Waals surface area contributed by atoms with Crippen LogP contribution in [-0.2, 0) is 17.9 Å². The Morgan fingerprint density at radius 3 is 2.52 bits per heavy atom. The third kappa shape index (κ3) is 6.47. The van der Waals surface area contributed by atoms with Crippen molar-refractivity contribution < 1.29 is 9.47 Å². The number of benzene rings is 2. The van der Waals surface area contributed by atoms with Crippen LogP contribution in [0.4, 0.5) is 5.69 Å². The molecule has 0 saturated carbocycles. The van der Waals surface area contributed by atoms with Gasteiger partial charge in [-0.15, -0.1) is 0 Å². The standard InChI is InChI=1S/C20H27N3O2/c1-20(2,3)25-14-16-9-7-8-15(12-16)13-22-19(21)23-17-10-5-6-11-18(17)24-4/h5-12H,13-14H2,1-4H3,(H3,21,22,23). The Labute approximate surface area is 149 Å². The number of anilines is 1. The average molecular weight is 341 g/mol. The van der Waals surface area contributed by atoms with Gasteiger partial charge >= 0.3 is 0 Å². The van der Waals surface area contributed by atoms with Gasteiger partial charge in [-0.25, -0.2) is 4.99 Å². The number of methoxy groups -OCH3 is 1. The molecule has 0 aliphatic heterocycles. The maximum absolute atomic E-state index is 5.99. The zero-order chi connectivity index (χ0) is 18.3. The monoisotopic (exact) mass is 341 g/mol. The van der Waals surface area contributed by atoms with E-state index < -0.39 is 0 Å². The van der Waals surface area contributed by atoms with Crippen molar-refractivity contribution in [3.63, 3.8) is 0 Å². The minimum absolute atomic E-state index is 0.156. The third-order valence-electron chi connectivity index (χ3n) is 3.46. The molecule has 5 heteroatoms. The van der Waals surface area contributed by atoms with Crippen LogP contribution in [0, 0.1) is 0 Å². The zero-order valence-corrected chi connectivity index (χ0v) is 15.4. The van der Waals surface area contributed by atoms with Crippen LogP contribution in [0.5, 0.6) is 5.75 Å². The molecule has 0 heterocycles. The first kappa shape index (κ1) is 18.8. The molecule has 0 spiro atoms. The summed E-state index contributed by atoms with van der Waals surface area (Å²) in [5.74, 6) is 1.07. The van der Waals surface area contributed by atoms with E-state index in [2.05, 4.69) is 22.4 Å². The van der Waals surface area contributed by atoms with Gasteiger partial charge in [0.15, 0.2) is 5.96 Å². The molecule has 0 atom stereocenters. The molecule has 0 aliphatic rings. The number of ether oxygens (including phenoxy) is 2. The van der Waals surface area contributed by atoms with Crippen LogP contribution in [0.1, 0.15) is 31.9 Å². The van der Waals surface area contributed by atoms with Gasteiger partial charge in [0, 0.05) is 0 Å². The Morgan fingerprint density at radius 1 is 1.08 bits per heavy atom. The lowest BCUT2D eigenvalue weighted by Gasteiger charge is -2.19. The number of hydrogen-bond acceptors (Lipinski definition) is 3. The van der Waals surface area contributed by atoms with Crippen LogP contribution in [0.3, 0.4) is 0 Å². The van der Waals surface area contributed by atoms with Crippen molar-refractivity contribution in [3.8, 4) is 5.75 Å². The molecule has 5 nitrogen and oxygen atoms in total. The molecule has 0 fully saturated rings. The van der Waals surface area contributed by atoms with E-state index >= 15 is 0 Å². The molecule has 134 valence electrons. The van der Waals surface area contributed by atoms with Crippen molar-refractivity contribution in [2.45, 2.75) is 39.5 Å². The first-order valence-corrected chi connectivity index (χ1v) is 8.29. The zero-order valence-electron chi connectivity index (χ0n) is 15.4. The number of para-hydroxylation sites is 2. The summed E-state index contributed by atoms with van der Waals surface area (Å²) in [4.78, 5) is 4.40. The first-order valence-electron chi connectivity index (χ1n) is 8.29. The molecule has 2 aromatic rings. The van der Waals surface area contributed by atoms with Crippen LogP contribution in [0.2, 0.25) is 0 Å². The molecule has 2 rings (SSSR count). The summed E-state index contributed by atoms with van der Waals surface area (Å²) < 4.78 is 11.1. The van der Waals surface area contributed by atoms with Crippen LogP contribution < -0.4 is 15.8 Å². The highest BCUT2D eigenvalue weighted by atomic mass is 16.5. The third-order valence-corrected chi connectivity index (χ3v) is 3.46. The van der Waals surface area contributed by atoms with Gasteiger partial charge in [-0.05, 0) is 44.0 Å². The van der Waals surface area contributed by atoms with Gasteiger partial charge < -0.3 is 20.5 Å². The largest absolute Gasteiger partial charge is 0.495 e. The van der Waals surface area contributed by atoms with E-state index in [9.17, 15) is 0 Å². The molecule has 3 N–H and O–H groups in total. The molecule has 2 aromatic carbocycles. The van der Waals surface area contributed by atoms with E-state index in [0.717, 1.165) is 22.6 Å². The van der Waals surface area contributed by atoms with Gasteiger partial charge in [-0.1, -0.05) is 36.4 Å². The molecule has 0 amide bonds. The number of guanidine groups is 1. The highest BCUT2D eigenvalue weighted by molar-refractivity contribution is 5.93. The summed E-state index contributed by atoms with van der Waals surface area (Å²) in [7, 11) is 1.62. The number of nitrogens with one attached hydrogen (secondary N) is 1. The van der Waals surface area contributed by atoms with Gasteiger partial charge in [0.1, 0.15) is 5.75 Å². The van der Waals surface area contributed by atoms with Crippen molar-refractivity contribution in [1.29, 1.82) is 0 Å². The molecule has 25 heavy (non-hydrogen) atoms. The van der Waals surface area contributed by atoms with Gasteiger partial charge in [-0.3, -0.25) is 0 Å². The minimum Gasteiger partial charge on any atom is -0.495 e. The normalized spacial score (nSPS) is 12.1. The summed E-state index contributed by atoms with van der Waals surface area (Å²) in [6, 6.07) is 15.8. The highest BCUT2D eigenvalue weighted by Crippen LogP contribution is 2.22. The fourth-order valence-corrected chi connectivity index (χ4v) is 2.22. The van der Waals surface area contributed by atoms with E-state index in [1.165, 1.54) is 0 Å². The Bertz CT molecular complexity index is 721. The lowest BCUT2D eigenvalue weighted by atomic mass is 10.1. The first-order chi connectivity index (χ1) is 11.9. The Kier molecular flexibility index (Phi) is 6.42. The fourth-order valence-electron chi connectivity index (χ4n) is 2.22. The van der Waals surface area contributed by atoms with Crippen molar-refractivity contribution in [1.82, 2.24) is 0 Å². The summed E-state index contributed by atoms with van der Waals surface area (Å²) >= 11 is 0. The summed E-state index contributed by atoms with van der Waals surface area (Å²) in [5, 5.41) is 3.07. The highest BCUT2D eigenvalue weighted by Gasteiger charge is 2.10. The maximum Gasteiger partial charge on any atom is 0.193 e.